The van der Waals surface area contributed by atoms with E-state index >= 15 is 0 Å². The van der Waals surface area contributed by atoms with E-state index in [2.05, 4.69) is 10.4 Å². The van der Waals surface area contributed by atoms with Crippen LogP contribution in [0.4, 0.5) is 16.0 Å². The number of nitrogens with two attached hydrogens (primary N) is 1. The number of nitrogens with zero attached hydrogens (tertiary/aromatic N) is 3. The van der Waals surface area contributed by atoms with Gasteiger partial charge in [-0.25, -0.2) is 9.07 Å². The van der Waals surface area contributed by atoms with Gasteiger partial charge in [0.05, 0.1) is 5.69 Å². The zero-order valence-electron chi connectivity index (χ0n) is 10.5. The van der Waals surface area contributed by atoms with Gasteiger partial charge in [-0.05, 0) is 30.7 Å². The third-order valence-electron chi connectivity index (χ3n) is 2.65. The van der Waals surface area contributed by atoms with E-state index in [4.69, 9.17) is 11.0 Å². The van der Waals surface area contributed by atoms with Gasteiger partial charge >= 0.3 is 0 Å². The number of aromatic nitrogens is 2. The van der Waals surface area contributed by atoms with Crippen LogP contribution < -0.4 is 11.1 Å². The van der Waals surface area contributed by atoms with Crippen molar-refractivity contribution in [3.63, 3.8) is 0 Å². The largest absolute Gasteiger partial charge is 0.382 e. The molecule has 0 bridgehead atoms. The monoisotopic (exact) mass is 259 g/mol. The summed E-state index contributed by atoms with van der Waals surface area (Å²) in [5.41, 5.74) is 6.82. The van der Waals surface area contributed by atoms with E-state index in [0.717, 1.165) is 6.42 Å². The molecule has 1 aromatic carbocycles. The molecule has 0 radical (unpaired) electrons. The molecular formula is C13H14FN5. The van der Waals surface area contributed by atoms with Crippen molar-refractivity contribution in [2.75, 3.05) is 17.6 Å². The Morgan fingerprint density at radius 3 is 2.68 bits per heavy atom. The third-order valence-corrected chi connectivity index (χ3v) is 2.65. The second-order valence-corrected chi connectivity index (χ2v) is 4.04. The van der Waals surface area contributed by atoms with Gasteiger partial charge in [0, 0.05) is 6.54 Å². The Balaban J connectivity index is 2.44. The molecular weight excluding hydrogens is 245 g/mol. The van der Waals surface area contributed by atoms with Crippen LogP contribution in [0, 0.1) is 17.1 Å². The summed E-state index contributed by atoms with van der Waals surface area (Å²) < 4.78 is 14.3. The van der Waals surface area contributed by atoms with Crippen LogP contribution in [-0.2, 0) is 0 Å². The zero-order valence-corrected chi connectivity index (χ0v) is 10.5. The number of hydrogen-bond donors (Lipinski definition) is 2. The summed E-state index contributed by atoms with van der Waals surface area (Å²) in [7, 11) is 0. The Morgan fingerprint density at radius 2 is 2.11 bits per heavy atom. The van der Waals surface area contributed by atoms with Crippen LogP contribution in [0.15, 0.2) is 24.3 Å². The lowest BCUT2D eigenvalue weighted by Crippen LogP contribution is -2.03. The first-order valence-electron chi connectivity index (χ1n) is 5.95. The average Bonchev–Trinajstić information content (AvgIpc) is 2.73. The van der Waals surface area contributed by atoms with E-state index in [1.54, 1.807) is 12.1 Å². The number of nitrogen functional groups attached to an aromatic ring is 1. The molecule has 0 aliphatic heterocycles. The number of rotatable bonds is 4. The fourth-order valence-corrected chi connectivity index (χ4v) is 1.69. The Labute approximate surface area is 110 Å². The lowest BCUT2D eigenvalue weighted by molar-refractivity contribution is 0.627. The van der Waals surface area contributed by atoms with E-state index in [0.29, 0.717) is 23.6 Å². The van der Waals surface area contributed by atoms with Gasteiger partial charge < -0.3 is 11.1 Å². The summed E-state index contributed by atoms with van der Waals surface area (Å²) in [6.45, 7) is 2.72. The first-order chi connectivity index (χ1) is 9.17. The predicted molar refractivity (Wildman–Crippen MR) is 71.4 cm³/mol. The average molecular weight is 259 g/mol. The maximum atomic E-state index is 12.9. The van der Waals surface area contributed by atoms with Crippen molar-refractivity contribution in [1.82, 2.24) is 9.78 Å². The highest BCUT2D eigenvalue weighted by atomic mass is 19.1. The van der Waals surface area contributed by atoms with Gasteiger partial charge in [0.15, 0.2) is 5.82 Å². The number of nitrogens with one attached hydrogen (secondary N) is 1. The molecule has 98 valence electrons. The standard InChI is InChI=1S/C13H14FN5/c1-2-7-17-13-11(8-15)12(16)19(18-13)10-5-3-9(14)4-6-10/h3-6H,2,7,16H2,1H3,(H,17,18). The molecule has 0 unspecified atom stereocenters. The van der Waals surface area contributed by atoms with E-state index < -0.39 is 0 Å². The molecule has 6 heteroatoms. The Kier molecular flexibility index (Phi) is 3.66. The molecule has 5 nitrogen and oxygen atoms in total. The molecule has 19 heavy (non-hydrogen) atoms. The maximum Gasteiger partial charge on any atom is 0.168 e. The summed E-state index contributed by atoms with van der Waals surface area (Å²) in [4.78, 5) is 0. The fourth-order valence-electron chi connectivity index (χ4n) is 1.69. The number of hydrogen-bond acceptors (Lipinski definition) is 4. The summed E-state index contributed by atoms with van der Waals surface area (Å²) in [6, 6.07) is 7.79. The maximum absolute atomic E-state index is 12.9. The molecule has 2 rings (SSSR count). The lowest BCUT2D eigenvalue weighted by atomic mass is 10.3. The van der Waals surface area contributed by atoms with Gasteiger partial charge in [-0.2, -0.15) is 5.26 Å². The molecule has 3 N–H and O–H groups in total. The summed E-state index contributed by atoms with van der Waals surface area (Å²) in [5, 5.41) is 16.4. The molecule has 0 aliphatic carbocycles. The smallest absolute Gasteiger partial charge is 0.168 e. The van der Waals surface area contributed by atoms with Crippen LogP contribution in [-0.4, -0.2) is 16.3 Å². The van der Waals surface area contributed by atoms with Gasteiger partial charge in [-0.3, -0.25) is 0 Å². The van der Waals surface area contributed by atoms with E-state index in [1.807, 2.05) is 13.0 Å². The molecule has 0 fully saturated rings. The number of nitriles is 1. The van der Waals surface area contributed by atoms with Gasteiger partial charge in [-0.1, -0.05) is 6.92 Å². The van der Waals surface area contributed by atoms with Gasteiger partial charge in [0.1, 0.15) is 23.3 Å². The number of benzene rings is 1. The van der Waals surface area contributed by atoms with E-state index in [-0.39, 0.29) is 11.6 Å². The quantitative estimate of drug-likeness (QED) is 0.882. The Hall–Kier alpha value is -2.55. The minimum atomic E-state index is -0.334. The highest BCUT2D eigenvalue weighted by Crippen LogP contribution is 2.24. The van der Waals surface area contributed by atoms with Gasteiger partial charge in [0.2, 0.25) is 0 Å². The highest BCUT2D eigenvalue weighted by Gasteiger charge is 2.15. The molecule has 1 heterocycles. The molecule has 0 atom stereocenters. The Morgan fingerprint density at radius 1 is 1.42 bits per heavy atom. The Bertz CT molecular complexity index is 609. The van der Waals surface area contributed by atoms with Crippen molar-refractivity contribution in [2.24, 2.45) is 0 Å². The summed E-state index contributed by atoms with van der Waals surface area (Å²) in [6.07, 6.45) is 0.911. The van der Waals surface area contributed by atoms with Crippen molar-refractivity contribution in [3.8, 4) is 11.8 Å². The first-order valence-corrected chi connectivity index (χ1v) is 5.95. The van der Waals surface area contributed by atoms with Crippen LogP contribution in [0.2, 0.25) is 0 Å². The number of anilines is 2. The minimum absolute atomic E-state index is 0.243. The second kappa shape index (κ2) is 5.40. The second-order valence-electron chi connectivity index (χ2n) is 4.04. The topological polar surface area (TPSA) is 79.7 Å². The fraction of sp³-hybridized carbons (Fsp3) is 0.231. The zero-order chi connectivity index (χ0) is 13.8. The van der Waals surface area contributed by atoms with Crippen molar-refractivity contribution in [1.29, 1.82) is 5.26 Å². The molecule has 0 saturated carbocycles. The summed E-state index contributed by atoms with van der Waals surface area (Å²) >= 11 is 0. The van der Waals surface area contributed by atoms with Crippen LogP contribution in [0.1, 0.15) is 18.9 Å². The van der Waals surface area contributed by atoms with Gasteiger partial charge in [-0.15, -0.1) is 5.10 Å². The molecule has 0 aliphatic rings. The predicted octanol–water partition coefficient (Wildman–Crippen LogP) is 2.29. The van der Waals surface area contributed by atoms with Crippen LogP contribution in [0.25, 0.3) is 5.69 Å². The normalized spacial score (nSPS) is 10.2. The van der Waals surface area contributed by atoms with Crippen molar-refractivity contribution in [2.45, 2.75) is 13.3 Å². The highest BCUT2D eigenvalue weighted by molar-refractivity contribution is 5.66. The number of halogens is 1. The third kappa shape index (κ3) is 2.50. The van der Waals surface area contributed by atoms with Crippen LogP contribution in [0.5, 0.6) is 0 Å². The van der Waals surface area contributed by atoms with Crippen molar-refractivity contribution in [3.05, 3.63) is 35.6 Å². The SMILES string of the molecule is CCCNc1nn(-c2ccc(F)cc2)c(N)c1C#N. The van der Waals surface area contributed by atoms with Crippen LogP contribution in [0.3, 0.4) is 0 Å². The minimum Gasteiger partial charge on any atom is -0.382 e. The van der Waals surface area contributed by atoms with E-state index in [9.17, 15) is 4.39 Å². The van der Waals surface area contributed by atoms with Crippen molar-refractivity contribution >= 4 is 11.6 Å². The molecule has 0 spiro atoms. The molecule has 0 amide bonds. The molecule has 0 saturated heterocycles. The lowest BCUT2D eigenvalue weighted by Gasteiger charge is -2.03. The molecule has 2 aromatic rings. The first kappa shape index (κ1) is 12.9. The summed E-state index contributed by atoms with van der Waals surface area (Å²) in [5.74, 6) is 0.359. The van der Waals surface area contributed by atoms with Crippen LogP contribution >= 0.6 is 0 Å². The van der Waals surface area contributed by atoms with E-state index in [1.165, 1.54) is 16.8 Å². The molecule has 1 aromatic heterocycles. The van der Waals surface area contributed by atoms with Gasteiger partial charge in [0.25, 0.3) is 0 Å². The van der Waals surface area contributed by atoms with Crippen molar-refractivity contribution < 1.29 is 4.39 Å².